The van der Waals surface area contributed by atoms with Crippen LogP contribution in [0, 0.1) is 5.41 Å². The van der Waals surface area contributed by atoms with Crippen LogP contribution in [-0.2, 0) is 4.79 Å². The summed E-state index contributed by atoms with van der Waals surface area (Å²) in [6, 6.07) is 0.573. The van der Waals surface area contributed by atoms with Crippen molar-refractivity contribution in [2.24, 2.45) is 5.41 Å². The zero-order valence-corrected chi connectivity index (χ0v) is 9.39. The van der Waals surface area contributed by atoms with Gasteiger partial charge < -0.3 is 10.1 Å². The second-order valence-electron chi connectivity index (χ2n) is 4.42. The third kappa shape index (κ3) is 5.81. The summed E-state index contributed by atoms with van der Waals surface area (Å²) in [6.07, 6.45) is 5.53. The van der Waals surface area contributed by atoms with Gasteiger partial charge in [-0.25, -0.2) is 0 Å². The first-order valence-corrected chi connectivity index (χ1v) is 5.19. The van der Waals surface area contributed by atoms with E-state index in [1.165, 1.54) is 12.8 Å². The van der Waals surface area contributed by atoms with Gasteiger partial charge in [0, 0.05) is 11.5 Å². The lowest BCUT2D eigenvalue weighted by molar-refractivity contribution is -0.115. The van der Waals surface area contributed by atoms with Gasteiger partial charge in [0.25, 0.3) is 0 Å². The van der Waals surface area contributed by atoms with Crippen LogP contribution in [0.25, 0.3) is 0 Å². The summed E-state index contributed by atoms with van der Waals surface area (Å²) >= 11 is 0. The summed E-state index contributed by atoms with van der Waals surface area (Å²) in [6.45, 7) is 6.19. The lowest BCUT2D eigenvalue weighted by Gasteiger charge is -2.21. The highest BCUT2D eigenvalue weighted by atomic mass is 16.1. The van der Waals surface area contributed by atoms with Gasteiger partial charge in [-0.2, -0.15) is 0 Å². The van der Waals surface area contributed by atoms with Crippen molar-refractivity contribution in [1.82, 2.24) is 5.32 Å². The largest absolute Gasteiger partial charge is 0.317 e. The standard InChI is InChI=1S/C11H23NO/c1-5-6-10(12-4)7-8-11(2,3)9-13/h9-10,12H,5-8H2,1-4H3. The molecule has 1 atom stereocenters. The molecule has 0 aliphatic rings. The van der Waals surface area contributed by atoms with Gasteiger partial charge in [-0.05, 0) is 26.3 Å². The zero-order valence-electron chi connectivity index (χ0n) is 9.39. The average molecular weight is 185 g/mol. The molecule has 0 bridgehead atoms. The normalized spacial score (nSPS) is 14.2. The van der Waals surface area contributed by atoms with Gasteiger partial charge >= 0.3 is 0 Å². The van der Waals surface area contributed by atoms with E-state index in [1.807, 2.05) is 20.9 Å². The molecule has 0 radical (unpaired) electrons. The summed E-state index contributed by atoms with van der Waals surface area (Å²) in [5.41, 5.74) is -0.150. The average Bonchev–Trinajstić information content (AvgIpc) is 2.12. The third-order valence-corrected chi connectivity index (χ3v) is 2.50. The van der Waals surface area contributed by atoms with Crippen molar-refractivity contribution in [3.63, 3.8) is 0 Å². The molecule has 0 amide bonds. The minimum Gasteiger partial charge on any atom is -0.317 e. The second kappa shape index (κ2) is 6.14. The van der Waals surface area contributed by atoms with Crippen LogP contribution in [0.4, 0.5) is 0 Å². The molecule has 0 aromatic carbocycles. The Balaban J connectivity index is 3.77. The maximum Gasteiger partial charge on any atom is 0.125 e. The fourth-order valence-electron chi connectivity index (χ4n) is 1.39. The van der Waals surface area contributed by atoms with Gasteiger partial charge in [0.05, 0.1) is 0 Å². The number of carbonyl (C=O) groups excluding carboxylic acids is 1. The Hall–Kier alpha value is -0.370. The van der Waals surface area contributed by atoms with Crippen molar-refractivity contribution in [2.75, 3.05) is 7.05 Å². The molecule has 0 aromatic rings. The molecule has 13 heavy (non-hydrogen) atoms. The van der Waals surface area contributed by atoms with E-state index in [-0.39, 0.29) is 5.41 Å². The van der Waals surface area contributed by atoms with E-state index in [0.717, 1.165) is 19.1 Å². The summed E-state index contributed by atoms with van der Waals surface area (Å²) in [5.74, 6) is 0. The van der Waals surface area contributed by atoms with E-state index >= 15 is 0 Å². The quantitative estimate of drug-likeness (QED) is 0.617. The van der Waals surface area contributed by atoms with E-state index in [9.17, 15) is 4.79 Å². The van der Waals surface area contributed by atoms with Crippen molar-refractivity contribution >= 4 is 6.29 Å². The summed E-state index contributed by atoms with van der Waals surface area (Å²) < 4.78 is 0. The van der Waals surface area contributed by atoms with Crippen LogP contribution in [0.1, 0.15) is 46.5 Å². The van der Waals surface area contributed by atoms with Gasteiger partial charge in [-0.1, -0.05) is 27.2 Å². The lowest BCUT2D eigenvalue weighted by atomic mass is 9.87. The minimum atomic E-state index is -0.150. The highest BCUT2D eigenvalue weighted by Crippen LogP contribution is 2.20. The van der Waals surface area contributed by atoms with E-state index < -0.39 is 0 Å². The van der Waals surface area contributed by atoms with Crippen LogP contribution in [0.3, 0.4) is 0 Å². The smallest absolute Gasteiger partial charge is 0.125 e. The molecule has 0 saturated heterocycles. The highest BCUT2D eigenvalue weighted by molar-refractivity contribution is 5.57. The van der Waals surface area contributed by atoms with Crippen molar-refractivity contribution in [3.8, 4) is 0 Å². The Bertz CT molecular complexity index is 143. The van der Waals surface area contributed by atoms with E-state index in [2.05, 4.69) is 12.2 Å². The van der Waals surface area contributed by atoms with Crippen LogP contribution >= 0.6 is 0 Å². The van der Waals surface area contributed by atoms with Crippen molar-refractivity contribution < 1.29 is 4.79 Å². The van der Waals surface area contributed by atoms with Gasteiger partial charge in [0.15, 0.2) is 0 Å². The third-order valence-electron chi connectivity index (χ3n) is 2.50. The maximum absolute atomic E-state index is 10.7. The monoisotopic (exact) mass is 185 g/mol. The molecule has 0 heterocycles. The van der Waals surface area contributed by atoms with E-state index in [0.29, 0.717) is 6.04 Å². The molecule has 0 aromatic heterocycles. The predicted octanol–water partition coefficient (Wildman–Crippen LogP) is 2.38. The Morgan fingerprint density at radius 2 is 2.00 bits per heavy atom. The minimum absolute atomic E-state index is 0.150. The topological polar surface area (TPSA) is 29.1 Å². The molecule has 0 saturated carbocycles. The van der Waals surface area contributed by atoms with Crippen LogP contribution in [0.2, 0.25) is 0 Å². The first-order chi connectivity index (χ1) is 6.05. The zero-order chi connectivity index (χ0) is 10.3. The van der Waals surface area contributed by atoms with Gasteiger partial charge in [0.1, 0.15) is 6.29 Å². The van der Waals surface area contributed by atoms with E-state index in [1.54, 1.807) is 0 Å². The summed E-state index contributed by atoms with van der Waals surface area (Å²) in [5, 5.41) is 3.28. The lowest BCUT2D eigenvalue weighted by Crippen LogP contribution is -2.27. The number of carbonyl (C=O) groups is 1. The predicted molar refractivity (Wildman–Crippen MR) is 56.8 cm³/mol. The molecule has 2 heteroatoms. The van der Waals surface area contributed by atoms with Crippen molar-refractivity contribution in [3.05, 3.63) is 0 Å². The van der Waals surface area contributed by atoms with Crippen LogP contribution in [0.15, 0.2) is 0 Å². The van der Waals surface area contributed by atoms with Crippen LogP contribution < -0.4 is 5.32 Å². The molecule has 0 spiro atoms. The summed E-state index contributed by atoms with van der Waals surface area (Å²) in [7, 11) is 1.99. The first-order valence-electron chi connectivity index (χ1n) is 5.19. The Morgan fingerprint density at radius 3 is 2.38 bits per heavy atom. The number of hydrogen-bond acceptors (Lipinski definition) is 2. The van der Waals surface area contributed by atoms with Gasteiger partial charge in [-0.15, -0.1) is 0 Å². The van der Waals surface area contributed by atoms with Crippen molar-refractivity contribution in [1.29, 1.82) is 0 Å². The number of aldehydes is 1. The molecular weight excluding hydrogens is 162 g/mol. The maximum atomic E-state index is 10.7. The van der Waals surface area contributed by atoms with Gasteiger partial charge in [-0.3, -0.25) is 0 Å². The molecule has 1 unspecified atom stereocenters. The molecule has 78 valence electrons. The Labute approximate surface area is 82.1 Å². The number of hydrogen-bond donors (Lipinski definition) is 1. The highest BCUT2D eigenvalue weighted by Gasteiger charge is 2.18. The second-order valence-corrected chi connectivity index (χ2v) is 4.42. The van der Waals surface area contributed by atoms with E-state index in [4.69, 9.17) is 0 Å². The Kier molecular flexibility index (Phi) is 5.97. The molecule has 0 rings (SSSR count). The molecule has 1 N–H and O–H groups in total. The first kappa shape index (κ1) is 12.6. The SMILES string of the molecule is CCCC(CCC(C)(C)C=O)NC. The number of nitrogens with one attached hydrogen (secondary N) is 1. The fraction of sp³-hybridized carbons (Fsp3) is 0.909. The van der Waals surface area contributed by atoms with Crippen molar-refractivity contribution in [2.45, 2.75) is 52.5 Å². The molecular formula is C11H23NO. The van der Waals surface area contributed by atoms with Gasteiger partial charge in [0.2, 0.25) is 0 Å². The Morgan fingerprint density at radius 1 is 1.38 bits per heavy atom. The summed E-state index contributed by atoms with van der Waals surface area (Å²) in [4.78, 5) is 10.7. The molecule has 2 nitrogen and oxygen atoms in total. The molecule has 0 aliphatic heterocycles. The van der Waals surface area contributed by atoms with Crippen LogP contribution in [0.5, 0.6) is 0 Å². The number of rotatable bonds is 7. The molecule has 0 fully saturated rings. The molecule has 0 aliphatic carbocycles. The van der Waals surface area contributed by atoms with Crippen LogP contribution in [-0.4, -0.2) is 19.4 Å². The fourth-order valence-corrected chi connectivity index (χ4v) is 1.39.